The van der Waals surface area contributed by atoms with Gasteiger partial charge in [-0.2, -0.15) is 0 Å². The van der Waals surface area contributed by atoms with Gasteiger partial charge in [0.05, 0.1) is 0 Å². The molecule has 3 nitrogen and oxygen atoms in total. The summed E-state index contributed by atoms with van der Waals surface area (Å²) in [6, 6.07) is 1.14. The summed E-state index contributed by atoms with van der Waals surface area (Å²) in [5.74, 6) is 0. The minimum absolute atomic E-state index is 0.792. The van der Waals surface area contributed by atoms with Crippen molar-refractivity contribution in [3.05, 3.63) is 0 Å². The molecule has 0 spiro atoms. The first-order valence-electron chi connectivity index (χ1n) is 6.36. The van der Waals surface area contributed by atoms with Gasteiger partial charge >= 0.3 is 9.28 Å². The Morgan fingerprint density at radius 1 is 1.06 bits per heavy atom. The molecule has 98 valence electrons. The van der Waals surface area contributed by atoms with Gasteiger partial charge in [0, 0.05) is 13.2 Å². The molecule has 0 radical (unpaired) electrons. The molecule has 0 atom stereocenters. The monoisotopic (exact) mass is 263 g/mol. The molecule has 0 aromatic carbocycles. The molecule has 0 rings (SSSR count). The number of rotatable bonds is 9. The predicted octanol–water partition coefficient (Wildman–Crippen LogP) is 2.44. The van der Waals surface area contributed by atoms with Gasteiger partial charge in [0.1, 0.15) is 8.24 Å². The van der Waals surface area contributed by atoms with Crippen molar-refractivity contribution >= 4 is 17.5 Å². The van der Waals surface area contributed by atoms with Crippen LogP contribution in [0, 0.1) is 0 Å². The smallest absolute Gasteiger partial charge is 0.321 e. The van der Waals surface area contributed by atoms with Crippen molar-refractivity contribution in [1.82, 2.24) is 4.57 Å². The normalized spacial score (nSPS) is 12.8. The van der Waals surface area contributed by atoms with Crippen LogP contribution >= 0.6 is 0 Å². The minimum atomic E-state index is -1.36. The second-order valence-electron chi connectivity index (χ2n) is 5.07. The van der Waals surface area contributed by atoms with E-state index in [0.29, 0.717) is 0 Å². The zero-order valence-electron chi connectivity index (χ0n) is 11.9. The van der Waals surface area contributed by atoms with E-state index in [-0.39, 0.29) is 0 Å². The SMILES string of the molecule is CCO[SiH](CCCN(C)[Si](C)(C)C)OCC. The summed E-state index contributed by atoms with van der Waals surface area (Å²) in [5.41, 5.74) is 0. The molecule has 5 heteroatoms. The van der Waals surface area contributed by atoms with Gasteiger partial charge in [-0.15, -0.1) is 0 Å². The number of hydrogen-bond donors (Lipinski definition) is 0. The molecule has 0 aliphatic carbocycles. The second-order valence-corrected chi connectivity index (χ2v) is 12.3. The lowest BCUT2D eigenvalue weighted by Crippen LogP contribution is -2.43. The van der Waals surface area contributed by atoms with Gasteiger partial charge in [0.15, 0.2) is 0 Å². The zero-order valence-corrected chi connectivity index (χ0v) is 14.0. The van der Waals surface area contributed by atoms with Gasteiger partial charge in [-0.1, -0.05) is 19.6 Å². The first-order valence-corrected chi connectivity index (χ1v) is 11.6. The predicted molar refractivity (Wildman–Crippen MR) is 75.8 cm³/mol. The molecule has 0 saturated heterocycles. The molecule has 0 saturated carbocycles. The van der Waals surface area contributed by atoms with Crippen LogP contribution in [0.5, 0.6) is 0 Å². The van der Waals surface area contributed by atoms with Crippen molar-refractivity contribution in [3.63, 3.8) is 0 Å². The second kappa shape index (κ2) is 8.41. The van der Waals surface area contributed by atoms with Crippen molar-refractivity contribution in [2.45, 2.75) is 46.0 Å². The summed E-state index contributed by atoms with van der Waals surface area (Å²) in [6.07, 6.45) is 1.21. The van der Waals surface area contributed by atoms with E-state index in [1.165, 1.54) is 13.0 Å². The topological polar surface area (TPSA) is 21.7 Å². The Bertz CT molecular complexity index is 168. The Morgan fingerprint density at radius 3 is 1.94 bits per heavy atom. The third-order valence-electron chi connectivity index (χ3n) is 2.78. The van der Waals surface area contributed by atoms with Crippen LogP contribution in [0.4, 0.5) is 0 Å². The van der Waals surface area contributed by atoms with E-state index in [1.54, 1.807) is 0 Å². The first-order chi connectivity index (χ1) is 7.41. The molecule has 0 bridgehead atoms. The maximum atomic E-state index is 5.66. The number of nitrogens with zero attached hydrogens (tertiary/aromatic N) is 1. The summed E-state index contributed by atoms with van der Waals surface area (Å²) in [7, 11) is -0.220. The van der Waals surface area contributed by atoms with E-state index in [4.69, 9.17) is 8.85 Å². The van der Waals surface area contributed by atoms with Crippen LogP contribution in [-0.2, 0) is 8.85 Å². The van der Waals surface area contributed by atoms with Gasteiger partial charge < -0.3 is 13.4 Å². The van der Waals surface area contributed by atoms with E-state index in [1.807, 2.05) is 13.8 Å². The summed E-state index contributed by atoms with van der Waals surface area (Å²) in [4.78, 5) is 0. The van der Waals surface area contributed by atoms with Crippen LogP contribution in [0.3, 0.4) is 0 Å². The average Bonchev–Trinajstić information content (AvgIpc) is 2.16. The van der Waals surface area contributed by atoms with Crippen molar-refractivity contribution in [3.8, 4) is 0 Å². The molecule has 0 unspecified atom stereocenters. The molecule has 0 fully saturated rings. The molecule has 0 aromatic heterocycles. The van der Waals surface area contributed by atoms with Crippen LogP contribution in [0.15, 0.2) is 0 Å². The molecule has 0 aliphatic rings. The Kier molecular flexibility index (Phi) is 8.58. The molecule has 16 heavy (non-hydrogen) atoms. The highest BCUT2D eigenvalue weighted by atomic mass is 28.3. The Labute approximate surface area is 104 Å². The summed E-state index contributed by atoms with van der Waals surface area (Å²) < 4.78 is 13.8. The highest BCUT2D eigenvalue weighted by molar-refractivity contribution is 6.73. The molecule has 0 aromatic rings. The zero-order chi connectivity index (χ0) is 12.6. The fourth-order valence-electron chi connectivity index (χ4n) is 1.42. The third-order valence-corrected chi connectivity index (χ3v) is 7.59. The Hall–Kier alpha value is 0.314. The van der Waals surface area contributed by atoms with E-state index >= 15 is 0 Å². The molecule has 0 heterocycles. The summed E-state index contributed by atoms with van der Waals surface area (Å²) >= 11 is 0. The Morgan fingerprint density at radius 2 is 1.56 bits per heavy atom. The lowest BCUT2D eigenvalue weighted by molar-refractivity contribution is 0.212. The minimum Gasteiger partial charge on any atom is -0.397 e. The third kappa shape index (κ3) is 7.56. The molecular formula is C11H29NO2Si2. The van der Waals surface area contributed by atoms with Crippen molar-refractivity contribution in [2.24, 2.45) is 0 Å². The summed E-state index contributed by atoms with van der Waals surface area (Å²) in [6.45, 7) is 14.0. The average molecular weight is 264 g/mol. The van der Waals surface area contributed by atoms with Gasteiger partial charge in [0.2, 0.25) is 0 Å². The molecule has 0 amide bonds. The van der Waals surface area contributed by atoms with E-state index in [2.05, 4.69) is 31.3 Å². The van der Waals surface area contributed by atoms with Crippen molar-refractivity contribution < 1.29 is 8.85 Å². The van der Waals surface area contributed by atoms with Gasteiger partial charge in [-0.05, 0) is 39.9 Å². The van der Waals surface area contributed by atoms with Crippen molar-refractivity contribution in [2.75, 3.05) is 26.8 Å². The van der Waals surface area contributed by atoms with Crippen LogP contribution < -0.4 is 0 Å². The first kappa shape index (κ1) is 16.3. The van der Waals surface area contributed by atoms with Crippen LogP contribution in [0.25, 0.3) is 0 Å². The number of hydrogen-bond acceptors (Lipinski definition) is 3. The highest BCUT2D eigenvalue weighted by Crippen LogP contribution is 2.09. The lowest BCUT2D eigenvalue weighted by Gasteiger charge is -2.30. The van der Waals surface area contributed by atoms with Gasteiger partial charge in [-0.3, -0.25) is 0 Å². The molecule has 0 aliphatic heterocycles. The van der Waals surface area contributed by atoms with Crippen LogP contribution in [0.2, 0.25) is 25.7 Å². The van der Waals surface area contributed by atoms with Gasteiger partial charge in [0.25, 0.3) is 0 Å². The molecular weight excluding hydrogens is 234 g/mol. The van der Waals surface area contributed by atoms with Crippen LogP contribution in [0.1, 0.15) is 20.3 Å². The molecule has 0 N–H and O–H groups in total. The van der Waals surface area contributed by atoms with E-state index in [9.17, 15) is 0 Å². The maximum Gasteiger partial charge on any atom is 0.321 e. The highest BCUT2D eigenvalue weighted by Gasteiger charge is 2.20. The fourth-order valence-corrected chi connectivity index (χ4v) is 3.94. The van der Waals surface area contributed by atoms with Gasteiger partial charge in [-0.25, -0.2) is 0 Å². The van der Waals surface area contributed by atoms with Crippen LogP contribution in [-0.4, -0.2) is 48.9 Å². The summed E-state index contributed by atoms with van der Waals surface area (Å²) in [5, 5.41) is 0. The maximum absolute atomic E-state index is 5.66. The Balaban J connectivity index is 3.76. The van der Waals surface area contributed by atoms with E-state index < -0.39 is 17.5 Å². The largest absolute Gasteiger partial charge is 0.397 e. The van der Waals surface area contributed by atoms with Crippen molar-refractivity contribution in [1.29, 1.82) is 0 Å². The fraction of sp³-hybridized carbons (Fsp3) is 1.00. The van der Waals surface area contributed by atoms with E-state index in [0.717, 1.165) is 19.3 Å². The quantitative estimate of drug-likeness (QED) is 0.597. The lowest BCUT2D eigenvalue weighted by atomic mass is 10.5. The standard InChI is InChI=1S/C11H29NO2Si2/c1-7-13-15(14-8-2)11-9-10-12(3)16(4,5)6/h15H,7-11H2,1-6H3.